The number of fused-ring (bicyclic) bond motifs is 1. The minimum absolute atomic E-state index is 0.154. The first-order valence-corrected chi connectivity index (χ1v) is 6.92. The van der Waals surface area contributed by atoms with Gasteiger partial charge in [-0.2, -0.15) is 13.2 Å². The molecule has 5 nitrogen and oxygen atoms in total. The highest BCUT2D eigenvalue weighted by molar-refractivity contribution is 5.94. The molecule has 0 fully saturated rings. The molecule has 1 aromatic heterocycles. The van der Waals surface area contributed by atoms with Crippen molar-refractivity contribution >= 4 is 12.2 Å². The number of hydrogen-bond donors (Lipinski definition) is 1. The van der Waals surface area contributed by atoms with E-state index in [4.69, 9.17) is 5.11 Å². The fourth-order valence-corrected chi connectivity index (χ4v) is 2.59. The average Bonchev–Trinajstić information content (AvgIpc) is 2.95. The van der Waals surface area contributed by atoms with Gasteiger partial charge < -0.3 is 9.67 Å². The quantitative estimate of drug-likeness (QED) is 0.936. The lowest BCUT2D eigenvalue weighted by atomic mass is 9.95. The summed E-state index contributed by atoms with van der Waals surface area (Å²) in [5.74, 6) is -1.22. The first-order valence-electron chi connectivity index (χ1n) is 6.92. The topological polar surface area (TPSA) is 71.7 Å². The lowest BCUT2D eigenvalue weighted by Crippen LogP contribution is -2.22. The summed E-state index contributed by atoms with van der Waals surface area (Å²) in [5.41, 5.74) is 0.224. The maximum Gasteiger partial charge on any atom is 0.416 e. The Morgan fingerprint density at radius 2 is 2.04 bits per heavy atom. The summed E-state index contributed by atoms with van der Waals surface area (Å²) in [6.45, 7) is -0.414. The first kappa shape index (κ1) is 16.0. The van der Waals surface area contributed by atoms with E-state index in [1.54, 1.807) is 0 Å². The molecule has 2 aromatic rings. The number of alkyl halides is 3. The largest absolute Gasteiger partial charge is 0.480 e. The number of aliphatic imine (C=N–C) groups is 1. The van der Waals surface area contributed by atoms with Crippen molar-refractivity contribution in [1.82, 2.24) is 4.57 Å². The Hall–Kier alpha value is -2.90. The van der Waals surface area contributed by atoms with Crippen LogP contribution < -0.4 is 5.56 Å². The van der Waals surface area contributed by atoms with E-state index in [9.17, 15) is 22.8 Å². The minimum atomic E-state index is -4.51. The molecule has 1 N–H and O–H groups in total. The van der Waals surface area contributed by atoms with Crippen molar-refractivity contribution in [2.75, 3.05) is 0 Å². The van der Waals surface area contributed by atoms with Gasteiger partial charge >= 0.3 is 12.1 Å². The number of nitrogens with zero attached hydrogens (tertiary/aromatic N) is 2. The van der Waals surface area contributed by atoms with Crippen LogP contribution in [0.4, 0.5) is 13.2 Å². The normalized spacial score (nSPS) is 13.1. The molecule has 24 heavy (non-hydrogen) atoms. The molecule has 1 aromatic carbocycles. The number of rotatable bonds is 3. The van der Waals surface area contributed by atoms with Crippen molar-refractivity contribution in [1.29, 1.82) is 0 Å². The molecule has 0 saturated heterocycles. The van der Waals surface area contributed by atoms with E-state index in [0.717, 1.165) is 22.8 Å². The van der Waals surface area contributed by atoms with Crippen molar-refractivity contribution in [3.05, 3.63) is 57.5 Å². The molecule has 0 atom stereocenters. The summed E-state index contributed by atoms with van der Waals surface area (Å²) in [4.78, 5) is 26.5. The van der Waals surface area contributed by atoms with E-state index in [1.165, 1.54) is 18.5 Å². The predicted molar refractivity (Wildman–Crippen MR) is 80.1 cm³/mol. The average molecular weight is 336 g/mol. The Labute approximate surface area is 133 Å². The molecule has 0 aliphatic carbocycles. The number of pyridine rings is 1. The molecular weight excluding hydrogens is 325 g/mol. The molecule has 1 aliphatic rings. The maximum absolute atomic E-state index is 13.1. The van der Waals surface area contributed by atoms with Gasteiger partial charge in [0.25, 0.3) is 5.56 Å². The van der Waals surface area contributed by atoms with Crippen molar-refractivity contribution < 1.29 is 23.1 Å². The number of carboxylic acids is 1. The number of aliphatic carboxylic acids is 1. The van der Waals surface area contributed by atoms with Gasteiger partial charge in [0.1, 0.15) is 6.54 Å². The van der Waals surface area contributed by atoms with Crippen molar-refractivity contribution in [3.63, 3.8) is 0 Å². The van der Waals surface area contributed by atoms with Gasteiger partial charge in [0.05, 0.1) is 12.1 Å². The number of hydrogen-bond acceptors (Lipinski definition) is 3. The summed E-state index contributed by atoms with van der Waals surface area (Å²) in [7, 11) is 0. The molecule has 3 rings (SSSR count). The van der Waals surface area contributed by atoms with Gasteiger partial charge in [0, 0.05) is 24.0 Å². The van der Waals surface area contributed by atoms with Crippen LogP contribution in [0, 0.1) is 0 Å². The molecule has 124 valence electrons. The van der Waals surface area contributed by atoms with E-state index in [-0.39, 0.29) is 12.1 Å². The summed E-state index contributed by atoms with van der Waals surface area (Å²) in [5, 5.41) is 8.83. The molecule has 0 bridgehead atoms. The maximum atomic E-state index is 13.1. The molecule has 0 radical (unpaired) electrons. The van der Waals surface area contributed by atoms with Crippen LogP contribution in [0.2, 0.25) is 0 Å². The van der Waals surface area contributed by atoms with Crippen LogP contribution in [0.1, 0.15) is 16.7 Å². The fourth-order valence-electron chi connectivity index (χ4n) is 2.59. The highest BCUT2D eigenvalue weighted by atomic mass is 19.4. The standard InChI is InChI=1S/C16H11F3N2O3/c17-16(18,19)11-3-10-5-20-6-13(10)12(4-11)9-1-2-14(22)21(7-9)8-15(23)24/h1-4,6-7H,5,8H2,(H,23,24). The van der Waals surface area contributed by atoms with E-state index in [2.05, 4.69) is 4.99 Å². The molecule has 0 amide bonds. The van der Waals surface area contributed by atoms with Crippen molar-refractivity contribution in [2.45, 2.75) is 19.3 Å². The second-order valence-electron chi connectivity index (χ2n) is 5.34. The third-order valence-electron chi connectivity index (χ3n) is 3.68. The zero-order valence-corrected chi connectivity index (χ0v) is 12.2. The van der Waals surface area contributed by atoms with Crippen molar-refractivity contribution in [3.8, 4) is 11.1 Å². The molecule has 0 saturated carbocycles. The van der Waals surface area contributed by atoms with Crippen LogP contribution in [0.5, 0.6) is 0 Å². The first-order chi connectivity index (χ1) is 11.3. The fraction of sp³-hybridized carbons (Fsp3) is 0.188. The predicted octanol–water partition coefficient (Wildman–Crippen LogP) is 2.55. The number of carboxylic acid groups (broad SMARTS) is 1. The Morgan fingerprint density at radius 3 is 2.71 bits per heavy atom. The van der Waals surface area contributed by atoms with Crippen LogP contribution >= 0.6 is 0 Å². The molecule has 1 aliphatic heterocycles. The number of benzene rings is 1. The van der Waals surface area contributed by atoms with Crippen molar-refractivity contribution in [2.24, 2.45) is 4.99 Å². The molecule has 0 spiro atoms. The van der Waals surface area contributed by atoms with Gasteiger partial charge in [-0.25, -0.2) is 0 Å². The van der Waals surface area contributed by atoms with Crippen LogP contribution in [0.3, 0.4) is 0 Å². The summed E-state index contributed by atoms with van der Waals surface area (Å²) < 4.78 is 40.2. The lowest BCUT2D eigenvalue weighted by molar-refractivity contribution is -0.138. The van der Waals surface area contributed by atoms with Crippen LogP contribution in [-0.4, -0.2) is 21.9 Å². The molecule has 0 unspecified atom stereocenters. The summed E-state index contributed by atoms with van der Waals surface area (Å²) >= 11 is 0. The smallest absolute Gasteiger partial charge is 0.416 e. The Kier molecular flexibility index (Phi) is 3.75. The number of carbonyl (C=O) groups is 1. The van der Waals surface area contributed by atoms with E-state index >= 15 is 0 Å². The molecular formula is C16H11F3N2O3. The van der Waals surface area contributed by atoms with Gasteiger partial charge in [0.2, 0.25) is 0 Å². The third kappa shape index (κ3) is 2.94. The van der Waals surface area contributed by atoms with Crippen LogP contribution in [0.25, 0.3) is 11.1 Å². The third-order valence-corrected chi connectivity index (χ3v) is 3.68. The highest BCUT2D eigenvalue weighted by Crippen LogP contribution is 2.36. The second kappa shape index (κ2) is 5.63. The monoisotopic (exact) mass is 336 g/mol. The minimum Gasteiger partial charge on any atom is -0.480 e. The van der Waals surface area contributed by atoms with Gasteiger partial charge in [-0.3, -0.25) is 14.6 Å². The molecule has 8 heteroatoms. The van der Waals surface area contributed by atoms with Crippen LogP contribution in [-0.2, 0) is 24.1 Å². The summed E-state index contributed by atoms with van der Waals surface area (Å²) in [6, 6.07) is 4.56. The van der Waals surface area contributed by atoms with Gasteiger partial charge in [0.15, 0.2) is 0 Å². The Bertz CT molecular complexity index is 914. The Morgan fingerprint density at radius 1 is 1.29 bits per heavy atom. The number of halogens is 3. The zero-order valence-electron chi connectivity index (χ0n) is 12.2. The van der Waals surface area contributed by atoms with Crippen LogP contribution in [0.15, 0.2) is 40.2 Å². The molecule has 2 heterocycles. The van der Waals surface area contributed by atoms with E-state index in [0.29, 0.717) is 16.7 Å². The van der Waals surface area contributed by atoms with E-state index in [1.807, 2.05) is 0 Å². The van der Waals surface area contributed by atoms with Gasteiger partial charge in [-0.15, -0.1) is 0 Å². The highest BCUT2D eigenvalue weighted by Gasteiger charge is 2.32. The van der Waals surface area contributed by atoms with Gasteiger partial charge in [-0.05, 0) is 34.9 Å². The zero-order chi connectivity index (χ0) is 17.5. The lowest BCUT2D eigenvalue weighted by Gasteiger charge is -2.14. The van der Waals surface area contributed by atoms with Gasteiger partial charge in [-0.1, -0.05) is 0 Å². The Balaban J connectivity index is 2.19. The SMILES string of the molecule is O=C(O)Cn1cc(-c2cc(C(F)(F)F)cc3c2C=NC3)ccc1=O. The second-order valence-corrected chi connectivity index (χ2v) is 5.34. The van der Waals surface area contributed by atoms with E-state index < -0.39 is 29.8 Å². The summed E-state index contributed by atoms with van der Waals surface area (Å²) in [6.07, 6.45) is -1.78. The number of aromatic nitrogens is 1.